The second-order valence-corrected chi connectivity index (χ2v) is 13.0. The summed E-state index contributed by atoms with van der Waals surface area (Å²) in [4.78, 5) is 21.4. The Morgan fingerprint density at radius 1 is 0.805 bits per heavy atom. The molecule has 1 amide bonds. The number of hydrogen-bond acceptors (Lipinski definition) is 7. The molecular weight excluding hydrogens is 562 g/mol. The molecule has 3 aromatic carbocycles. The first-order valence-electron chi connectivity index (χ1n) is 12.8. The van der Waals surface area contributed by atoms with Crippen LogP contribution in [-0.2, 0) is 31.3 Å². The lowest BCUT2D eigenvalue weighted by atomic mass is 10.1. The molecule has 0 saturated carbocycles. The van der Waals surface area contributed by atoms with Gasteiger partial charge in [0.2, 0.25) is 11.9 Å². The number of aromatic nitrogens is 2. The molecule has 214 valence electrons. The normalized spacial score (nSPS) is 11.6. The van der Waals surface area contributed by atoms with Crippen molar-refractivity contribution in [1.29, 1.82) is 0 Å². The van der Waals surface area contributed by atoms with E-state index in [2.05, 4.69) is 20.0 Å². The Hall–Kier alpha value is -4.29. The van der Waals surface area contributed by atoms with Gasteiger partial charge in [0.05, 0.1) is 15.5 Å². The van der Waals surface area contributed by atoms with Gasteiger partial charge in [0, 0.05) is 17.1 Å². The van der Waals surface area contributed by atoms with E-state index in [1.54, 1.807) is 44.2 Å². The summed E-state index contributed by atoms with van der Waals surface area (Å²) in [5.41, 5.74) is 3.62. The third kappa shape index (κ3) is 7.08. The molecule has 0 radical (unpaired) electrons. The van der Waals surface area contributed by atoms with Crippen molar-refractivity contribution in [2.24, 2.45) is 0 Å². The first-order valence-corrected chi connectivity index (χ1v) is 15.7. The quantitative estimate of drug-likeness (QED) is 0.274. The van der Waals surface area contributed by atoms with E-state index in [9.17, 15) is 21.6 Å². The van der Waals surface area contributed by atoms with Crippen LogP contribution in [0.3, 0.4) is 0 Å². The van der Waals surface area contributed by atoms with Gasteiger partial charge in [-0.1, -0.05) is 42.8 Å². The number of nitrogens with one attached hydrogen (secondary N) is 2. The van der Waals surface area contributed by atoms with E-state index in [-0.39, 0.29) is 15.7 Å². The molecule has 0 atom stereocenters. The largest absolute Gasteiger partial charge is 0.325 e. The molecule has 1 heterocycles. The SMILES string of the molecule is CCc1ccccc1N(CC(=O)Nc1ccc(S(=O)(=O)Nc2nc(C)cc(C)n2)cc1)S(=O)(=O)c1ccc(C)cc1. The van der Waals surface area contributed by atoms with Gasteiger partial charge in [-0.3, -0.25) is 9.10 Å². The maximum absolute atomic E-state index is 13.7. The van der Waals surface area contributed by atoms with Crippen LogP contribution in [-0.4, -0.2) is 39.3 Å². The van der Waals surface area contributed by atoms with Crippen LogP contribution in [0.1, 0.15) is 29.4 Å². The molecule has 0 aliphatic heterocycles. The van der Waals surface area contributed by atoms with Crippen molar-refractivity contribution in [3.8, 4) is 0 Å². The van der Waals surface area contributed by atoms with Crippen molar-refractivity contribution in [2.45, 2.75) is 43.9 Å². The minimum atomic E-state index is -4.08. The minimum Gasteiger partial charge on any atom is -0.325 e. The highest BCUT2D eigenvalue weighted by Gasteiger charge is 2.28. The number of sulfonamides is 2. The maximum Gasteiger partial charge on any atom is 0.264 e. The van der Waals surface area contributed by atoms with E-state index in [4.69, 9.17) is 0 Å². The number of carbonyl (C=O) groups excluding carboxylic acids is 1. The molecule has 41 heavy (non-hydrogen) atoms. The van der Waals surface area contributed by atoms with Crippen LogP contribution in [0.25, 0.3) is 0 Å². The number of benzene rings is 3. The zero-order chi connectivity index (χ0) is 29.8. The number of aryl methyl sites for hydroxylation is 4. The maximum atomic E-state index is 13.7. The van der Waals surface area contributed by atoms with Crippen molar-refractivity contribution in [2.75, 3.05) is 20.9 Å². The predicted octanol–water partition coefficient (Wildman–Crippen LogP) is 4.60. The van der Waals surface area contributed by atoms with Crippen LogP contribution in [0.4, 0.5) is 17.3 Å². The Morgan fingerprint density at radius 2 is 1.39 bits per heavy atom. The van der Waals surface area contributed by atoms with Crippen molar-refractivity contribution in [3.05, 3.63) is 101 Å². The number of carbonyl (C=O) groups is 1. The van der Waals surface area contributed by atoms with Crippen molar-refractivity contribution >= 4 is 43.3 Å². The van der Waals surface area contributed by atoms with E-state index in [1.807, 2.05) is 26.0 Å². The Kier molecular flexibility index (Phi) is 8.74. The zero-order valence-corrected chi connectivity index (χ0v) is 24.8. The highest BCUT2D eigenvalue weighted by Crippen LogP contribution is 2.28. The fourth-order valence-corrected chi connectivity index (χ4v) is 6.59. The summed E-state index contributed by atoms with van der Waals surface area (Å²) in [5.74, 6) is -0.633. The fraction of sp³-hybridized carbons (Fsp3) is 0.207. The zero-order valence-electron chi connectivity index (χ0n) is 23.1. The first-order chi connectivity index (χ1) is 19.4. The third-order valence-corrected chi connectivity index (χ3v) is 9.31. The molecule has 0 aliphatic carbocycles. The number of anilines is 3. The Bertz CT molecular complexity index is 1750. The molecule has 0 aliphatic rings. The molecule has 0 saturated heterocycles. The van der Waals surface area contributed by atoms with Crippen LogP contribution in [0.15, 0.2) is 88.7 Å². The number of hydrogen-bond donors (Lipinski definition) is 2. The fourth-order valence-electron chi connectivity index (χ4n) is 4.19. The molecule has 12 heteroatoms. The highest BCUT2D eigenvalue weighted by molar-refractivity contribution is 7.93. The minimum absolute atomic E-state index is 0.0397. The van der Waals surface area contributed by atoms with Gasteiger partial charge < -0.3 is 5.32 Å². The van der Waals surface area contributed by atoms with Gasteiger partial charge in [0.1, 0.15) is 6.54 Å². The molecule has 0 unspecified atom stereocenters. The molecule has 10 nitrogen and oxygen atoms in total. The summed E-state index contributed by atoms with van der Waals surface area (Å²) < 4.78 is 56.5. The average molecular weight is 594 g/mol. The van der Waals surface area contributed by atoms with Crippen molar-refractivity contribution < 1.29 is 21.6 Å². The second kappa shape index (κ2) is 12.1. The van der Waals surface area contributed by atoms with Crippen molar-refractivity contribution in [1.82, 2.24) is 9.97 Å². The molecular formula is C29H31N5O5S2. The molecule has 4 rings (SSSR count). The Labute approximate surface area is 240 Å². The second-order valence-electron chi connectivity index (χ2n) is 9.46. The number of amides is 1. The van der Waals surface area contributed by atoms with Gasteiger partial charge in [-0.05, 0) is 81.3 Å². The number of rotatable bonds is 10. The molecule has 0 fully saturated rings. The third-order valence-electron chi connectivity index (χ3n) is 6.19. The average Bonchev–Trinajstić information content (AvgIpc) is 2.91. The lowest BCUT2D eigenvalue weighted by Gasteiger charge is -2.26. The van der Waals surface area contributed by atoms with Crippen LogP contribution < -0.4 is 14.3 Å². The summed E-state index contributed by atoms with van der Waals surface area (Å²) in [6.07, 6.45) is 0.564. The topological polar surface area (TPSA) is 138 Å². The number of para-hydroxylation sites is 1. The first kappa shape index (κ1) is 29.7. The highest BCUT2D eigenvalue weighted by atomic mass is 32.2. The molecule has 0 spiro atoms. The predicted molar refractivity (Wildman–Crippen MR) is 159 cm³/mol. The van der Waals surface area contributed by atoms with Gasteiger partial charge in [0.25, 0.3) is 20.0 Å². The summed E-state index contributed by atoms with van der Waals surface area (Å²) in [6.45, 7) is 6.75. The molecule has 2 N–H and O–H groups in total. The summed E-state index contributed by atoms with van der Waals surface area (Å²) >= 11 is 0. The smallest absolute Gasteiger partial charge is 0.264 e. The van der Waals surface area contributed by atoms with Crippen LogP contribution in [0.5, 0.6) is 0 Å². The lowest BCUT2D eigenvalue weighted by molar-refractivity contribution is -0.114. The van der Waals surface area contributed by atoms with E-state index in [1.165, 1.54) is 36.4 Å². The van der Waals surface area contributed by atoms with Gasteiger partial charge >= 0.3 is 0 Å². The van der Waals surface area contributed by atoms with Crippen LogP contribution in [0, 0.1) is 20.8 Å². The van der Waals surface area contributed by atoms with E-state index in [0.29, 0.717) is 29.2 Å². The van der Waals surface area contributed by atoms with E-state index in [0.717, 1.165) is 15.4 Å². The molecule has 4 aromatic rings. The standard InChI is InChI=1S/C29H31N5O5S2/c1-5-23-8-6-7-9-27(23)34(41(38,39)26-14-10-20(2)11-15-26)19-28(35)32-24-12-16-25(17-13-24)40(36,37)33-29-30-21(3)18-22(4)31-29/h6-18H,5,19H2,1-4H3,(H,32,35)(H,30,31,33). The summed E-state index contributed by atoms with van der Waals surface area (Å²) in [6, 6.07) is 20.7. The van der Waals surface area contributed by atoms with E-state index < -0.39 is 32.5 Å². The Balaban J connectivity index is 1.56. The molecule has 0 bridgehead atoms. The number of nitrogens with zero attached hydrogens (tertiary/aromatic N) is 3. The van der Waals surface area contributed by atoms with Crippen LogP contribution >= 0.6 is 0 Å². The Morgan fingerprint density at radius 3 is 2.00 bits per heavy atom. The summed E-state index contributed by atoms with van der Waals surface area (Å²) in [7, 11) is -8.06. The van der Waals surface area contributed by atoms with Gasteiger partial charge in [0.15, 0.2) is 0 Å². The summed E-state index contributed by atoms with van der Waals surface area (Å²) in [5, 5.41) is 2.67. The van der Waals surface area contributed by atoms with Gasteiger partial charge in [-0.25, -0.2) is 31.5 Å². The monoisotopic (exact) mass is 593 g/mol. The van der Waals surface area contributed by atoms with E-state index >= 15 is 0 Å². The van der Waals surface area contributed by atoms with Gasteiger partial charge in [-0.2, -0.15) is 0 Å². The van der Waals surface area contributed by atoms with Crippen LogP contribution in [0.2, 0.25) is 0 Å². The lowest BCUT2D eigenvalue weighted by Crippen LogP contribution is -2.38. The van der Waals surface area contributed by atoms with Gasteiger partial charge in [-0.15, -0.1) is 0 Å². The van der Waals surface area contributed by atoms with Crippen molar-refractivity contribution in [3.63, 3.8) is 0 Å². The molecule has 1 aromatic heterocycles.